The average molecular weight is 129 g/mol. The summed E-state index contributed by atoms with van der Waals surface area (Å²) in [7, 11) is 1.70. The first-order valence-corrected chi connectivity index (χ1v) is 2.81. The normalized spacial score (nSPS) is 16.8. The van der Waals surface area contributed by atoms with E-state index in [0.717, 1.165) is 0 Å². The summed E-state index contributed by atoms with van der Waals surface area (Å²) in [6, 6.07) is 0. The van der Waals surface area contributed by atoms with Crippen molar-refractivity contribution < 1.29 is 4.79 Å². The van der Waals surface area contributed by atoms with Crippen LogP contribution in [0.2, 0.25) is 0 Å². The van der Waals surface area contributed by atoms with Crippen LogP contribution in [-0.2, 0) is 4.79 Å². The Morgan fingerprint density at radius 1 is 1.67 bits per heavy atom. The van der Waals surface area contributed by atoms with Crippen LogP contribution in [0, 0.1) is 6.92 Å². The van der Waals surface area contributed by atoms with Crippen LogP contribution in [0.25, 0.3) is 0 Å². The van der Waals surface area contributed by atoms with Crippen molar-refractivity contribution in [2.75, 3.05) is 7.05 Å². The van der Waals surface area contributed by atoms with Gasteiger partial charge in [-0.25, -0.2) is 5.43 Å². The third kappa shape index (κ3) is 2.49. The molecule has 0 heterocycles. The lowest BCUT2D eigenvalue weighted by molar-refractivity contribution is -0.121. The molecule has 0 saturated heterocycles. The van der Waals surface area contributed by atoms with Crippen molar-refractivity contribution in [1.82, 2.24) is 10.9 Å². The van der Waals surface area contributed by atoms with E-state index in [1.807, 2.05) is 0 Å². The zero-order valence-electron chi connectivity index (χ0n) is 6.12. The highest BCUT2D eigenvalue weighted by Crippen LogP contribution is 1.99. The Morgan fingerprint density at radius 2 is 2.11 bits per heavy atom. The number of hydrogen-bond acceptors (Lipinski definition) is 3. The quantitative estimate of drug-likeness (QED) is 0.413. The third-order valence-corrected chi connectivity index (χ3v) is 1.18. The largest absolute Gasteiger partial charge is 0.293 e. The van der Waals surface area contributed by atoms with Gasteiger partial charge in [0.05, 0.1) is 6.92 Å². The molecule has 2 N–H and O–H groups in total. The summed E-state index contributed by atoms with van der Waals surface area (Å²) in [5, 5.41) is 0. The zero-order valence-corrected chi connectivity index (χ0v) is 6.12. The molecule has 0 bridgehead atoms. The number of hydrogen-bond donors (Lipinski definition) is 2. The van der Waals surface area contributed by atoms with E-state index in [1.165, 1.54) is 6.92 Å². The minimum absolute atomic E-state index is 0.0110. The molecule has 0 aromatic rings. The molecule has 0 rings (SSSR count). The van der Waals surface area contributed by atoms with E-state index in [4.69, 9.17) is 0 Å². The maximum absolute atomic E-state index is 10.7. The average Bonchev–Trinajstić information content (AvgIpc) is 1.65. The number of carbonyl (C=O) groups excluding carboxylic acids is 1. The Labute approximate surface area is 55.8 Å². The van der Waals surface area contributed by atoms with Crippen LogP contribution < -0.4 is 10.9 Å². The molecule has 9 heavy (non-hydrogen) atoms. The van der Waals surface area contributed by atoms with Gasteiger partial charge in [-0.2, -0.15) is 0 Å². The summed E-state index contributed by atoms with van der Waals surface area (Å²) in [5.74, 6) is 0.0110. The van der Waals surface area contributed by atoms with E-state index >= 15 is 0 Å². The molecule has 0 aliphatic carbocycles. The summed E-state index contributed by atoms with van der Waals surface area (Å²) in [5.41, 5.74) is 4.67. The zero-order chi connectivity index (χ0) is 7.49. The number of nitrogens with one attached hydrogen (secondary N) is 2. The minimum atomic E-state index is -0.700. The highest BCUT2D eigenvalue weighted by atomic mass is 16.1. The van der Waals surface area contributed by atoms with Crippen molar-refractivity contribution in [3.8, 4) is 0 Å². The fraction of sp³-hybridized carbons (Fsp3) is 0.667. The van der Waals surface area contributed by atoms with Crippen LogP contribution in [0.1, 0.15) is 13.8 Å². The number of carbonyl (C=O) groups is 1. The number of ketones is 1. The van der Waals surface area contributed by atoms with Gasteiger partial charge >= 0.3 is 0 Å². The molecule has 52 valence electrons. The van der Waals surface area contributed by atoms with Crippen LogP contribution in [-0.4, -0.2) is 18.4 Å². The number of Topliss-reactive ketones (excluding diaryl/α,β-unsaturated/α-hetero) is 1. The fourth-order valence-electron chi connectivity index (χ4n) is 0.364. The van der Waals surface area contributed by atoms with Gasteiger partial charge in [-0.15, -0.1) is 0 Å². The summed E-state index contributed by atoms with van der Waals surface area (Å²) in [4.78, 5) is 10.7. The van der Waals surface area contributed by atoms with E-state index in [2.05, 4.69) is 17.8 Å². The van der Waals surface area contributed by atoms with Gasteiger partial charge in [0.2, 0.25) is 5.54 Å². The van der Waals surface area contributed by atoms with Crippen molar-refractivity contribution in [2.45, 2.75) is 19.4 Å². The van der Waals surface area contributed by atoms with Crippen molar-refractivity contribution in [1.29, 1.82) is 0 Å². The summed E-state index contributed by atoms with van der Waals surface area (Å²) in [6.45, 7) is 6.85. The summed E-state index contributed by atoms with van der Waals surface area (Å²) in [6.07, 6.45) is 0. The SMILES string of the molecule is [CH2+]C(C)(NNC)C(C)=O. The van der Waals surface area contributed by atoms with E-state index in [0.29, 0.717) is 0 Å². The minimum Gasteiger partial charge on any atom is -0.293 e. The van der Waals surface area contributed by atoms with E-state index in [9.17, 15) is 4.79 Å². The van der Waals surface area contributed by atoms with Crippen molar-refractivity contribution in [3.05, 3.63) is 6.92 Å². The standard InChI is InChI=1S/C6H13N2O/c1-5(9)6(2,3)8-7-4/h7-8H,2H2,1,3-4H3/q+1. The molecule has 0 fully saturated rings. The summed E-state index contributed by atoms with van der Waals surface area (Å²) >= 11 is 0. The van der Waals surface area contributed by atoms with Gasteiger partial charge in [0.25, 0.3) is 0 Å². The molecular weight excluding hydrogens is 116 g/mol. The maximum atomic E-state index is 10.7. The molecule has 1 atom stereocenters. The highest BCUT2D eigenvalue weighted by Gasteiger charge is 2.29. The molecule has 0 amide bonds. The molecule has 3 nitrogen and oxygen atoms in total. The lowest BCUT2D eigenvalue weighted by Crippen LogP contribution is -2.51. The van der Waals surface area contributed by atoms with Gasteiger partial charge in [-0.1, -0.05) is 0 Å². The van der Waals surface area contributed by atoms with Crippen LogP contribution in [0.5, 0.6) is 0 Å². The summed E-state index contributed by atoms with van der Waals surface area (Å²) < 4.78 is 0. The van der Waals surface area contributed by atoms with Crippen molar-refractivity contribution in [3.63, 3.8) is 0 Å². The van der Waals surface area contributed by atoms with Gasteiger partial charge < -0.3 is 0 Å². The van der Waals surface area contributed by atoms with Gasteiger partial charge in [-0.05, 0) is 7.05 Å². The molecule has 0 aliphatic rings. The van der Waals surface area contributed by atoms with E-state index in [-0.39, 0.29) is 5.78 Å². The molecule has 0 aromatic heterocycles. The highest BCUT2D eigenvalue weighted by molar-refractivity contribution is 5.86. The topological polar surface area (TPSA) is 41.1 Å². The first-order chi connectivity index (χ1) is 4.00. The van der Waals surface area contributed by atoms with Crippen molar-refractivity contribution >= 4 is 5.78 Å². The van der Waals surface area contributed by atoms with Gasteiger partial charge in [0, 0.05) is 13.8 Å². The molecule has 0 aliphatic heterocycles. The third-order valence-electron chi connectivity index (χ3n) is 1.18. The Kier molecular flexibility index (Phi) is 2.67. The first kappa shape index (κ1) is 8.46. The van der Waals surface area contributed by atoms with E-state index in [1.54, 1.807) is 14.0 Å². The van der Waals surface area contributed by atoms with Crippen LogP contribution in [0.15, 0.2) is 0 Å². The van der Waals surface area contributed by atoms with Crippen LogP contribution in [0.3, 0.4) is 0 Å². The first-order valence-electron chi connectivity index (χ1n) is 2.81. The molecule has 0 saturated carbocycles. The lowest BCUT2D eigenvalue weighted by atomic mass is 10.0. The molecule has 0 spiro atoms. The maximum Gasteiger partial charge on any atom is 0.224 e. The fourth-order valence-corrected chi connectivity index (χ4v) is 0.364. The second-order valence-corrected chi connectivity index (χ2v) is 2.26. The lowest BCUT2D eigenvalue weighted by Gasteiger charge is -2.14. The molecule has 1 unspecified atom stereocenters. The second-order valence-electron chi connectivity index (χ2n) is 2.26. The van der Waals surface area contributed by atoms with Gasteiger partial charge in [-0.3, -0.25) is 10.2 Å². The van der Waals surface area contributed by atoms with Crippen LogP contribution >= 0.6 is 0 Å². The number of rotatable bonds is 3. The Balaban J connectivity index is 3.85. The number of hydrazine groups is 1. The predicted octanol–water partition coefficient (Wildman–Crippen LogP) is -0.108. The van der Waals surface area contributed by atoms with Crippen LogP contribution in [0.4, 0.5) is 0 Å². The monoisotopic (exact) mass is 129 g/mol. The van der Waals surface area contributed by atoms with Gasteiger partial charge in [0.1, 0.15) is 0 Å². The smallest absolute Gasteiger partial charge is 0.224 e. The molecular formula is C6H13N2O+. The van der Waals surface area contributed by atoms with Crippen molar-refractivity contribution in [2.24, 2.45) is 0 Å². The molecule has 0 radical (unpaired) electrons. The Bertz CT molecular complexity index is 110. The second kappa shape index (κ2) is 2.85. The van der Waals surface area contributed by atoms with E-state index < -0.39 is 5.54 Å². The molecule has 0 aromatic carbocycles. The predicted molar refractivity (Wildman–Crippen MR) is 36.6 cm³/mol. The molecule has 3 heteroatoms. The van der Waals surface area contributed by atoms with Gasteiger partial charge in [0.15, 0.2) is 5.78 Å². The Hall–Kier alpha value is -0.540. The Morgan fingerprint density at radius 3 is 2.22 bits per heavy atom.